The van der Waals surface area contributed by atoms with E-state index >= 15 is 0 Å². The van der Waals surface area contributed by atoms with E-state index in [-0.39, 0.29) is 19.1 Å². The Morgan fingerprint density at radius 3 is 1.77 bits per heavy atom. The van der Waals surface area contributed by atoms with Gasteiger partial charge in [0.25, 0.3) is 0 Å². The van der Waals surface area contributed by atoms with Gasteiger partial charge in [-0.15, -0.1) is 0 Å². The third-order valence-electron chi connectivity index (χ3n) is 2.78. The fourth-order valence-corrected chi connectivity index (χ4v) is 6.39. The molecule has 0 aromatic heterocycles. The van der Waals surface area contributed by atoms with Gasteiger partial charge in [-0.1, -0.05) is 36.4 Å². The van der Waals surface area contributed by atoms with Crippen molar-refractivity contribution in [3.05, 3.63) is 69.7 Å². The normalized spacial score (nSPS) is 13.0. The molecule has 4 nitrogen and oxygen atoms in total. The Morgan fingerprint density at radius 2 is 1.27 bits per heavy atom. The molecule has 0 aliphatic heterocycles. The van der Waals surface area contributed by atoms with Gasteiger partial charge in [-0.05, 0) is 46.9 Å². The molecule has 0 bridgehead atoms. The van der Waals surface area contributed by atoms with Crippen molar-refractivity contribution >= 4 is 42.3 Å². The van der Waals surface area contributed by atoms with Crippen LogP contribution in [0, 0.1) is 0 Å². The number of halogens is 1. The molecule has 116 valence electrons. The lowest BCUT2D eigenvalue weighted by molar-refractivity contribution is 0.599. The van der Waals surface area contributed by atoms with Crippen LogP contribution in [-0.4, -0.2) is 22.6 Å². The van der Waals surface area contributed by atoms with Crippen molar-refractivity contribution in [1.82, 2.24) is 0 Å². The monoisotopic (exact) mass is 448 g/mol. The van der Waals surface area contributed by atoms with Crippen molar-refractivity contribution in [2.24, 2.45) is 0 Å². The van der Waals surface area contributed by atoms with E-state index in [0.29, 0.717) is 0 Å². The molecule has 7 heteroatoms. The number of rotatable bonds is 5. The van der Waals surface area contributed by atoms with Crippen molar-refractivity contribution in [2.75, 3.05) is 5.75 Å². The zero-order valence-electron chi connectivity index (χ0n) is 11.4. The Hall–Kier alpha value is -1.19. The lowest BCUT2D eigenvalue weighted by Gasteiger charge is -2.04. The van der Waals surface area contributed by atoms with E-state index in [1.54, 1.807) is 59.0 Å². The Morgan fingerprint density at radius 1 is 0.818 bits per heavy atom. The molecule has 0 fully saturated rings. The molecule has 0 N–H and O–H groups in total. The third kappa shape index (κ3) is 4.40. The first kappa shape index (κ1) is 17.2. The van der Waals surface area contributed by atoms with Crippen molar-refractivity contribution in [3.63, 3.8) is 0 Å². The van der Waals surface area contributed by atoms with Crippen LogP contribution in [0.25, 0.3) is 0 Å². The van der Waals surface area contributed by atoms with Gasteiger partial charge >= 0.3 is 0 Å². The first-order valence-electron chi connectivity index (χ1n) is 6.25. The molecule has 22 heavy (non-hydrogen) atoms. The van der Waals surface area contributed by atoms with Crippen molar-refractivity contribution < 1.29 is 16.8 Å². The summed E-state index contributed by atoms with van der Waals surface area (Å²) >= 11 is 1.75. The number of benzene rings is 2. The lowest BCUT2D eigenvalue weighted by atomic mass is 10.4. The first-order chi connectivity index (χ1) is 10.3. The molecular weight excluding hydrogens is 435 g/mol. The van der Waals surface area contributed by atoms with E-state index in [1.807, 2.05) is 0 Å². The Kier molecular flexibility index (Phi) is 5.41. The predicted molar refractivity (Wildman–Crippen MR) is 94.2 cm³/mol. The fraction of sp³-hybridized carbons (Fsp3) is 0.0667. The molecule has 0 saturated heterocycles. The Labute approximate surface area is 143 Å². The molecule has 2 rings (SSSR count). The maximum atomic E-state index is 12.2. The van der Waals surface area contributed by atoms with Crippen molar-refractivity contribution in [1.29, 1.82) is 0 Å². The molecule has 0 aliphatic carbocycles. The minimum absolute atomic E-state index is 0.140. The summed E-state index contributed by atoms with van der Waals surface area (Å²) in [6.07, 6.45) is 0. The highest BCUT2D eigenvalue weighted by Gasteiger charge is 2.18. The van der Waals surface area contributed by atoms with Gasteiger partial charge in [0.15, 0.2) is 9.84 Å². The van der Waals surface area contributed by atoms with Crippen LogP contribution in [0.4, 0.5) is 0 Å². The summed E-state index contributed by atoms with van der Waals surface area (Å²) in [5.74, 6) is -0.344. The van der Waals surface area contributed by atoms with Gasteiger partial charge in [0.05, 0.1) is 15.5 Å². The number of hydrogen-bond donors (Lipinski definition) is 0. The summed E-state index contributed by atoms with van der Waals surface area (Å²) in [4.78, 5) is 0.316. The molecule has 0 amide bonds. The van der Waals surface area contributed by atoms with Gasteiger partial charge in [0.2, 0.25) is 9.84 Å². The molecule has 0 heterocycles. The molecule has 2 aromatic rings. The van der Waals surface area contributed by atoms with Crippen LogP contribution in [0.15, 0.2) is 79.4 Å². The summed E-state index contributed by atoms with van der Waals surface area (Å²) in [6.45, 7) is 0. The average Bonchev–Trinajstić information content (AvgIpc) is 2.48. The van der Waals surface area contributed by atoms with E-state index in [4.69, 9.17) is 0 Å². The van der Waals surface area contributed by atoms with Gasteiger partial charge in [-0.25, -0.2) is 16.8 Å². The molecule has 0 aliphatic rings. The van der Waals surface area contributed by atoms with Crippen LogP contribution in [0.3, 0.4) is 0 Å². The van der Waals surface area contributed by atoms with Gasteiger partial charge in [-0.3, -0.25) is 0 Å². The highest BCUT2D eigenvalue weighted by atomic mass is 127. The zero-order valence-corrected chi connectivity index (χ0v) is 15.2. The molecule has 0 radical (unpaired) electrons. The molecular formula is C15H13IO4S2. The van der Waals surface area contributed by atoms with Crippen molar-refractivity contribution in [3.8, 4) is 0 Å². The van der Waals surface area contributed by atoms with Gasteiger partial charge in [0, 0.05) is 8.99 Å². The number of hydrogen-bond acceptors (Lipinski definition) is 4. The molecule has 0 atom stereocenters. The van der Waals surface area contributed by atoms with Gasteiger partial charge in [-0.2, -0.15) is 0 Å². The molecule has 0 saturated carbocycles. The maximum Gasteiger partial charge on any atom is 0.200 e. The lowest BCUT2D eigenvalue weighted by Crippen LogP contribution is -2.08. The highest BCUT2D eigenvalue weighted by Crippen LogP contribution is 2.21. The Balaban J connectivity index is 2.28. The van der Waals surface area contributed by atoms with E-state index in [0.717, 1.165) is 5.41 Å². The summed E-state index contributed by atoms with van der Waals surface area (Å²) < 4.78 is 49.1. The van der Waals surface area contributed by atoms with Crippen LogP contribution >= 0.6 is 22.6 Å². The summed E-state index contributed by atoms with van der Waals surface area (Å²) in [5.41, 5.74) is 0. The smallest absolute Gasteiger partial charge is 0.200 e. The third-order valence-corrected chi connectivity index (χ3v) is 7.62. The highest BCUT2D eigenvalue weighted by molar-refractivity contribution is 14.1. The van der Waals surface area contributed by atoms with Crippen LogP contribution in [0.1, 0.15) is 0 Å². The number of sulfone groups is 2. The SMILES string of the molecule is O=S(=O)(/C=C(/I)CS(=O)(=O)c1ccccc1)c1ccccc1. The fourth-order valence-electron chi connectivity index (χ4n) is 1.77. The second kappa shape index (κ2) is 6.93. The topological polar surface area (TPSA) is 68.3 Å². The zero-order chi connectivity index (χ0) is 16.2. The van der Waals surface area contributed by atoms with Gasteiger partial charge < -0.3 is 0 Å². The predicted octanol–water partition coefficient (Wildman–Crippen LogP) is 3.21. The van der Waals surface area contributed by atoms with Crippen LogP contribution in [0.5, 0.6) is 0 Å². The minimum atomic E-state index is -3.65. The van der Waals surface area contributed by atoms with Crippen LogP contribution < -0.4 is 0 Å². The van der Waals surface area contributed by atoms with Gasteiger partial charge in [0.1, 0.15) is 0 Å². The van der Waals surface area contributed by atoms with E-state index < -0.39 is 19.7 Å². The summed E-state index contributed by atoms with van der Waals surface area (Å²) in [7, 11) is -7.20. The minimum Gasteiger partial charge on any atom is -0.223 e. The molecule has 0 spiro atoms. The first-order valence-corrected chi connectivity index (χ1v) is 10.5. The summed E-state index contributed by atoms with van der Waals surface area (Å²) in [5, 5.41) is 1.00. The molecule has 2 aromatic carbocycles. The van der Waals surface area contributed by atoms with E-state index in [2.05, 4.69) is 0 Å². The maximum absolute atomic E-state index is 12.2. The summed E-state index contributed by atoms with van der Waals surface area (Å²) in [6, 6.07) is 15.9. The van der Waals surface area contributed by atoms with E-state index in [9.17, 15) is 16.8 Å². The van der Waals surface area contributed by atoms with Crippen LogP contribution in [-0.2, 0) is 19.7 Å². The largest absolute Gasteiger partial charge is 0.223 e. The second-order valence-electron chi connectivity index (χ2n) is 4.49. The molecule has 0 unspecified atom stereocenters. The average molecular weight is 448 g/mol. The quantitative estimate of drug-likeness (QED) is 0.659. The Bertz CT molecular complexity index is 872. The van der Waals surface area contributed by atoms with Crippen molar-refractivity contribution in [2.45, 2.75) is 9.79 Å². The van der Waals surface area contributed by atoms with Crippen LogP contribution in [0.2, 0.25) is 0 Å². The van der Waals surface area contributed by atoms with E-state index in [1.165, 1.54) is 24.3 Å². The standard InChI is InChI=1S/C15H13IO4S2/c16-13(11-21(17,18)14-7-3-1-4-8-14)12-22(19,20)15-9-5-2-6-10-15/h1-11H,12H2/b13-11+. The second-order valence-corrected chi connectivity index (χ2v) is 9.67.